The number of rotatable bonds is 5. The molecule has 0 aliphatic carbocycles. The number of carbonyl (C=O) groups is 1. The van der Waals surface area contributed by atoms with Crippen LogP contribution in [0.15, 0.2) is 18.2 Å². The Balaban J connectivity index is 2.69. The van der Waals surface area contributed by atoms with Gasteiger partial charge in [-0.15, -0.1) is 0 Å². The molecule has 1 aromatic rings. The molecule has 0 aliphatic heterocycles. The zero-order chi connectivity index (χ0) is 14.5. The minimum Gasteiger partial charge on any atom is -0.490 e. The van der Waals surface area contributed by atoms with E-state index in [9.17, 15) is 4.79 Å². The van der Waals surface area contributed by atoms with Crippen molar-refractivity contribution in [1.82, 2.24) is 0 Å². The summed E-state index contributed by atoms with van der Waals surface area (Å²) >= 11 is 6.09. The fraction of sp³-hybridized carbons (Fsp3) is 0.500. The standard InChI is InChI=1S/C14H20ClNO3/c1-14(2,3)13(17)16-10-5-6-12(11(15)9-10)19-8-7-18-4/h5-6,9H,7-8H2,1-4H3,(H,16,17). The summed E-state index contributed by atoms with van der Waals surface area (Å²) in [6, 6.07) is 5.17. The zero-order valence-corrected chi connectivity index (χ0v) is 12.5. The Bertz CT molecular complexity index is 441. The maximum atomic E-state index is 11.8. The van der Waals surface area contributed by atoms with Gasteiger partial charge in [0.15, 0.2) is 0 Å². The number of amides is 1. The largest absolute Gasteiger partial charge is 0.490 e. The Hall–Kier alpha value is -1.26. The van der Waals surface area contributed by atoms with Crippen LogP contribution in [0.1, 0.15) is 20.8 Å². The lowest BCUT2D eigenvalue weighted by atomic mass is 9.95. The van der Waals surface area contributed by atoms with Crippen molar-refractivity contribution < 1.29 is 14.3 Å². The van der Waals surface area contributed by atoms with Gasteiger partial charge in [0.05, 0.1) is 11.6 Å². The van der Waals surface area contributed by atoms with Crippen LogP contribution in [0.3, 0.4) is 0 Å². The summed E-state index contributed by atoms with van der Waals surface area (Å²) in [6.45, 7) is 6.49. The molecule has 0 aliphatic rings. The first kappa shape index (κ1) is 15.8. The molecule has 0 atom stereocenters. The van der Waals surface area contributed by atoms with Crippen LogP contribution in [0.4, 0.5) is 5.69 Å². The zero-order valence-electron chi connectivity index (χ0n) is 11.7. The van der Waals surface area contributed by atoms with Crippen molar-refractivity contribution in [3.63, 3.8) is 0 Å². The lowest BCUT2D eigenvalue weighted by Gasteiger charge is -2.18. The number of hydrogen-bond donors (Lipinski definition) is 1. The van der Waals surface area contributed by atoms with E-state index in [2.05, 4.69) is 5.32 Å². The summed E-state index contributed by atoms with van der Waals surface area (Å²) < 4.78 is 10.3. The molecule has 106 valence electrons. The van der Waals surface area contributed by atoms with Crippen LogP contribution in [-0.4, -0.2) is 26.2 Å². The topological polar surface area (TPSA) is 47.6 Å². The summed E-state index contributed by atoms with van der Waals surface area (Å²) in [6.07, 6.45) is 0. The minimum atomic E-state index is -0.444. The second-order valence-corrected chi connectivity index (χ2v) is 5.60. The van der Waals surface area contributed by atoms with Gasteiger partial charge in [-0.3, -0.25) is 4.79 Å². The molecule has 0 saturated carbocycles. The number of nitrogens with one attached hydrogen (secondary N) is 1. The average Bonchev–Trinajstić information content (AvgIpc) is 2.31. The van der Waals surface area contributed by atoms with E-state index in [1.165, 1.54) is 0 Å². The van der Waals surface area contributed by atoms with E-state index in [4.69, 9.17) is 21.1 Å². The van der Waals surface area contributed by atoms with Gasteiger partial charge in [-0.2, -0.15) is 0 Å². The molecule has 0 fully saturated rings. The highest BCUT2D eigenvalue weighted by Gasteiger charge is 2.21. The number of halogens is 1. The Labute approximate surface area is 119 Å². The molecule has 0 saturated heterocycles. The van der Waals surface area contributed by atoms with Crippen molar-refractivity contribution in [3.8, 4) is 5.75 Å². The van der Waals surface area contributed by atoms with Crippen LogP contribution >= 0.6 is 11.6 Å². The fourth-order valence-electron chi connectivity index (χ4n) is 1.25. The lowest BCUT2D eigenvalue weighted by Crippen LogP contribution is -2.27. The summed E-state index contributed by atoms with van der Waals surface area (Å²) in [5, 5.41) is 3.27. The van der Waals surface area contributed by atoms with Gasteiger partial charge in [0.1, 0.15) is 12.4 Å². The second-order valence-electron chi connectivity index (χ2n) is 5.19. The van der Waals surface area contributed by atoms with Gasteiger partial charge < -0.3 is 14.8 Å². The maximum absolute atomic E-state index is 11.8. The van der Waals surface area contributed by atoms with Crippen molar-refractivity contribution in [3.05, 3.63) is 23.2 Å². The normalized spacial score (nSPS) is 11.2. The number of methoxy groups -OCH3 is 1. The Kier molecular flexibility index (Phi) is 5.63. The van der Waals surface area contributed by atoms with Crippen molar-refractivity contribution in [2.24, 2.45) is 5.41 Å². The van der Waals surface area contributed by atoms with Crippen LogP contribution in [0.5, 0.6) is 5.75 Å². The molecule has 5 heteroatoms. The lowest BCUT2D eigenvalue weighted by molar-refractivity contribution is -0.123. The Morgan fingerprint density at radius 2 is 2.00 bits per heavy atom. The van der Waals surface area contributed by atoms with E-state index in [1.807, 2.05) is 20.8 Å². The molecule has 0 spiro atoms. The van der Waals surface area contributed by atoms with E-state index in [0.29, 0.717) is 29.7 Å². The monoisotopic (exact) mass is 285 g/mol. The van der Waals surface area contributed by atoms with Gasteiger partial charge in [-0.1, -0.05) is 32.4 Å². The molecule has 1 aromatic carbocycles. The molecule has 4 nitrogen and oxygen atoms in total. The smallest absolute Gasteiger partial charge is 0.229 e. The maximum Gasteiger partial charge on any atom is 0.229 e. The molecule has 1 amide bonds. The van der Waals surface area contributed by atoms with Crippen molar-refractivity contribution in [2.45, 2.75) is 20.8 Å². The summed E-state index contributed by atoms with van der Waals surface area (Å²) in [5.41, 5.74) is 0.212. The Morgan fingerprint density at radius 3 is 2.53 bits per heavy atom. The Morgan fingerprint density at radius 1 is 1.32 bits per heavy atom. The molecule has 0 unspecified atom stereocenters. The number of benzene rings is 1. The van der Waals surface area contributed by atoms with Crippen LogP contribution in [-0.2, 0) is 9.53 Å². The van der Waals surface area contributed by atoms with Crippen LogP contribution < -0.4 is 10.1 Å². The molecular formula is C14H20ClNO3. The van der Waals surface area contributed by atoms with E-state index < -0.39 is 5.41 Å². The van der Waals surface area contributed by atoms with Gasteiger partial charge in [0.25, 0.3) is 0 Å². The first-order valence-electron chi connectivity index (χ1n) is 6.07. The number of carbonyl (C=O) groups excluding carboxylic acids is 1. The van der Waals surface area contributed by atoms with Crippen molar-refractivity contribution >= 4 is 23.2 Å². The van der Waals surface area contributed by atoms with Crippen molar-refractivity contribution in [1.29, 1.82) is 0 Å². The van der Waals surface area contributed by atoms with Gasteiger partial charge in [-0.25, -0.2) is 0 Å². The highest BCUT2D eigenvalue weighted by molar-refractivity contribution is 6.32. The highest BCUT2D eigenvalue weighted by atomic mass is 35.5. The number of ether oxygens (including phenoxy) is 2. The third-order valence-corrected chi connectivity index (χ3v) is 2.71. The quantitative estimate of drug-likeness (QED) is 0.844. The molecule has 0 aromatic heterocycles. The fourth-order valence-corrected chi connectivity index (χ4v) is 1.48. The van der Waals surface area contributed by atoms with Gasteiger partial charge in [0, 0.05) is 18.2 Å². The van der Waals surface area contributed by atoms with Crippen LogP contribution in [0.2, 0.25) is 5.02 Å². The summed E-state index contributed by atoms with van der Waals surface area (Å²) in [5.74, 6) is 0.518. The second kappa shape index (κ2) is 6.78. The molecule has 0 bridgehead atoms. The number of anilines is 1. The van der Waals surface area contributed by atoms with E-state index in [-0.39, 0.29) is 5.91 Å². The minimum absolute atomic E-state index is 0.0587. The predicted molar refractivity (Wildman–Crippen MR) is 76.9 cm³/mol. The summed E-state index contributed by atoms with van der Waals surface area (Å²) in [7, 11) is 1.61. The van der Waals surface area contributed by atoms with Gasteiger partial charge in [0.2, 0.25) is 5.91 Å². The van der Waals surface area contributed by atoms with Crippen LogP contribution in [0.25, 0.3) is 0 Å². The molecule has 1 rings (SSSR count). The van der Waals surface area contributed by atoms with E-state index >= 15 is 0 Å². The van der Waals surface area contributed by atoms with Crippen molar-refractivity contribution in [2.75, 3.05) is 25.6 Å². The van der Waals surface area contributed by atoms with E-state index in [1.54, 1.807) is 25.3 Å². The van der Waals surface area contributed by atoms with Gasteiger partial charge in [-0.05, 0) is 18.2 Å². The highest BCUT2D eigenvalue weighted by Crippen LogP contribution is 2.28. The van der Waals surface area contributed by atoms with Crippen LogP contribution in [0, 0.1) is 5.41 Å². The molecule has 1 N–H and O–H groups in total. The van der Waals surface area contributed by atoms with E-state index in [0.717, 1.165) is 0 Å². The predicted octanol–water partition coefficient (Wildman–Crippen LogP) is 3.35. The number of hydrogen-bond acceptors (Lipinski definition) is 3. The third-order valence-electron chi connectivity index (χ3n) is 2.42. The van der Waals surface area contributed by atoms with Gasteiger partial charge >= 0.3 is 0 Å². The summed E-state index contributed by atoms with van der Waals surface area (Å²) in [4.78, 5) is 11.8. The SMILES string of the molecule is COCCOc1ccc(NC(=O)C(C)(C)C)cc1Cl. The molecule has 0 heterocycles. The first-order valence-corrected chi connectivity index (χ1v) is 6.45. The first-order chi connectivity index (χ1) is 8.84. The molecular weight excluding hydrogens is 266 g/mol. The molecule has 0 radical (unpaired) electrons. The molecule has 19 heavy (non-hydrogen) atoms. The third kappa shape index (κ3) is 5.09. The average molecular weight is 286 g/mol.